The summed E-state index contributed by atoms with van der Waals surface area (Å²) >= 11 is 0. The van der Waals surface area contributed by atoms with Gasteiger partial charge >= 0.3 is 0 Å². The lowest BCUT2D eigenvalue weighted by molar-refractivity contribution is 0.100. The van der Waals surface area contributed by atoms with Crippen molar-refractivity contribution in [1.82, 2.24) is 0 Å². The molecule has 0 aliphatic heterocycles. The van der Waals surface area contributed by atoms with Gasteiger partial charge in [-0.2, -0.15) is 0 Å². The number of hydrogen-bond acceptors (Lipinski definition) is 1. The molecule has 1 nitrogen and oxygen atoms in total. The molecular weight excluding hydrogens is 112 g/mol. The molecule has 1 aliphatic carbocycles. The van der Waals surface area contributed by atoms with Crippen LogP contribution in [0, 0.1) is 5.41 Å². The zero-order chi connectivity index (χ0) is 6.74. The van der Waals surface area contributed by atoms with Gasteiger partial charge in [-0.15, -0.1) is 0 Å². The van der Waals surface area contributed by atoms with Gasteiger partial charge in [0.2, 0.25) is 0 Å². The van der Waals surface area contributed by atoms with Crippen LogP contribution in [0.25, 0.3) is 0 Å². The standard InChI is InChI=1S/C8H16O/c1-8(7-9)5-3-2-4-6-8/h9H,2-7H2,1H3. The lowest BCUT2D eigenvalue weighted by Gasteiger charge is -2.31. The summed E-state index contributed by atoms with van der Waals surface area (Å²) in [5.74, 6) is 0. The Morgan fingerprint density at radius 2 is 1.78 bits per heavy atom. The van der Waals surface area contributed by atoms with Crippen molar-refractivity contribution in [3.8, 4) is 0 Å². The SMILES string of the molecule is CC1(CO)CCCCC1. The van der Waals surface area contributed by atoms with Crippen LogP contribution in [0.15, 0.2) is 0 Å². The fourth-order valence-electron chi connectivity index (χ4n) is 1.56. The molecule has 0 aromatic rings. The van der Waals surface area contributed by atoms with Crippen molar-refractivity contribution in [2.24, 2.45) is 5.41 Å². The highest BCUT2D eigenvalue weighted by Crippen LogP contribution is 2.34. The molecule has 1 rings (SSSR count). The minimum absolute atomic E-state index is 0.276. The van der Waals surface area contributed by atoms with Gasteiger partial charge in [-0.1, -0.05) is 26.2 Å². The van der Waals surface area contributed by atoms with Crippen LogP contribution in [0.1, 0.15) is 39.0 Å². The van der Waals surface area contributed by atoms with Crippen LogP contribution in [0.5, 0.6) is 0 Å². The van der Waals surface area contributed by atoms with Gasteiger partial charge < -0.3 is 5.11 Å². The fourth-order valence-corrected chi connectivity index (χ4v) is 1.56. The third-order valence-electron chi connectivity index (χ3n) is 2.44. The first kappa shape index (κ1) is 7.07. The Labute approximate surface area is 57.1 Å². The average Bonchev–Trinajstić information content (AvgIpc) is 1.90. The maximum atomic E-state index is 8.95. The summed E-state index contributed by atoms with van der Waals surface area (Å²) in [4.78, 5) is 0. The minimum atomic E-state index is 0.276. The Kier molecular flexibility index (Phi) is 2.12. The second-order valence-electron chi connectivity index (χ2n) is 3.53. The molecule has 9 heavy (non-hydrogen) atoms. The van der Waals surface area contributed by atoms with E-state index in [1.165, 1.54) is 32.1 Å². The molecule has 0 spiro atoms. The maximum absolute atomic E-state index is 8.95. The monoisotopic (exact) mass is 128 g/mol. The summed E-state index contributed by atoms with van der Waals surface area (Å²) < 4.78 is 0. The van der Waals surface area contributed by atoms with E-state index in [0.29, 0.717) is 6.61 Å². The third kappa shape index (κ3) is 1.68. The van der Waals surface area contributed by atoms with Crippen molar-refractivity contribution in [2.45, 2.75) is 39.0 Å². The van der Waals surface area contributed by atoms with Crippen LogP contribution in [0.4, 0.5) is 0 Å². The van der Waals surface area contributed by atoms with Crippen LogP contribution >= 0.6 is 0 Å². The van der Waals surface area contributed by atoms with Gasteiger partial charge in [0.05, 0.1) is 0 Å². The minimum Gasteiger partial charge on any atom is -0.396 e. The predicted octanol–water partition coefficient (Wildman–Crippen LogP) is 1.95. The number of aliphatic hydroxyl groups is 1. The van der Waals surface area contributed by atoms with Gasteiger partial charge in [0.1, 0.15) is 0 Å². The zero-order valence-electron chi connectivity index (χ0n) is 6.19. The first-order valence-corrected chi connectivity index (χ1v) is 3.88. The van der Waals surface area contributed by atoms with Gasteiger partial charge in [-0.25, -0.2) is 0 Å². The van der Waals surface area contributed by atoms with Crippen LogP contribution in [-0.2, 0) is 0 Å². The van der Waals surface area contributed by atoms with Gasteiger partial charge in [0.25, 0.3) is 0 Å². The van der Waals surface area contributed by atoms with E-state index in [0.717, 1.165) is 0 Å². The summed E-state index contributed by atoms with van der Waals surface area (Å²) in [6, 6.07) is 0. The van der Waals surface area contributed by atoms with E-state index in [1.807, 2.05) is 0 Å². The van der Waals surface area contributed by atoms with E-state index in [4.69, 9.17) is 5.11 Å². The number of hydrogen-bond donors (Lipinski definition) is 1. The maximum Gasteiger partial charge on any atom is 0.0484 e. The summed E-state index contributed by atoms with van der Waals surface area (Å²) in [6.07, 6.45) is 6.46. The molecule has 0 aromatic heterocycles. The molecule has 0 amide bonds. The Balaban J connectivity index is 2.37. The van der Waals surface area contributed by atoms with Gasteiger partial charge in [0.15, 0.2) is 0 Å². The Morgan fingerprint density at radius 1 is 1.22 bits per heavy atom. The lowest BCUT2D eigenvalue weighted by atomic mass is 9.76. The Morgan fingerprint density at radius 3 is 2.11 bits per heavy atom. The molecule has 54 valence electrons. The molecule has 1 fully saturated rings. The van der Waals surface area contributed by atoms with Gasteiger partial charge in [-0.3, -0.25) is 0 Å². The van der Waals surface area contributed by atoms with Crippen molar-refractivity contribution < 1.29 is 5.11 Å². The molecule has 1 N–H and O–H groups in total. The molecule has 1 heteroatoms. The topological polar surface area (TPSA) is 20.2 Å². The van der Waals surface area contributed by atoms with Crippen LogP contribution in [-0.4, -0.2) is 11.7 Å². The number of aliphatic hydroxyl groups excluding tert-OH is 1. The van der Waals surface area contributed by atoms with E-state index >= 15 is 0 Å². The predicted molar refractivity (Wildman–Crippen MR) is 38.3 cm³/mol. The summed E-state index contributed by atoms with van der Waals surface area (Å²) in [6.45, 7) is 2.57. The highest BCUT2D eigenvalue weighted by Gasteiger charge is 2.25. The third-order valence-corrected chi connectivity index (χ3v) is 2.44. The molecule has 0 aromatic carbocycles. The van der Waals surface area contributed by atoms with Crippen LogP contribution < -0.4 is 0 Å². The molecule has 0 heterocycles. The van der Waals surface area contributed by atoms with Crippen molar-refractivity contribution in [1.29, 1.82) is 0 Å². The molecule has 0 unspecified atom stereocenters. The summed E-state index contributed by atoms with van der Waals surface area (Å²) in [5.41, 5.74) is 0.276. The molecule has 1 aliphatic rings. The van der Waals surface area contributed by atoms with Gasteiger partial charge in [-0.05, 0) is 18.3 Å². The summed E-state index contributed by atoms with van der Waals surface area (Å²) in [5, 5.41) is 8.95. The molecule has 0 atom stereocenters. The quantitative estimate of drug-likeness (QED) is 0.572. The average molecular weight is 128 g/mol. The Hall–Kier alpha value is -0.0400. The molecule has 1 saturated carbocycles. The second kappa shape index (κ2) is 2.70. The van der Waals surface area contributed by atoms with Crippen molar-refractivity contribution >= 4 is 0 Å². The smallest absolute Gasteiger partial charge is 0.0484 e. The Bertz CT molecular complexity index is 82.6. The van der Waals surface area contributed by atoms with E-state index in [1.54, 1.807) is 0 Å². The second-order valence-corrected chi connectivity index (χ2v) is 3.53. The largest absolute Gasteiger partial charge is 0.396 e. The summed E-state index contributed by atoms with van der Waals surface area (Å²) in [7, 11) is 0. The molecule has 0 saturated heterocycles. The highest BCUT2D eigenvalue weighted by molar-refractivity contribution is 4.76. The highest BCUT2D eigenvalue weighted by atomic mass is 16.3. The fraction of sp³-hybridized carbons (Fsp3) is 1.00. The van der Waals surface area contributed by atoms with Crippen LogP contribution in [0.3, 0.4) is 0 Å². The zero-order valence-corrected chi connectivity index (χ0v) is 6.19. The molecule has 0 bridgehead atoms. The first-order valence-electron chi connectivity index (χ1n) is 3.88. The molecule has 0 radical (unpaired) electrons. The lowest BCUT2D eigenvalue weighted by Crippen LogP contribution is -2.23. The van der Waals surface area contributed by atoms with Crippen molar-refractivity contribution in [2.75, 3.05) is 6.61 Å². The molecular formula is C8H16O. The van der Waals surface area contributed by atoms with E-state index in [-0.39, 0.29) is 5.41 Å². The normalized spacial score (nSPS) is 26.0. The van der Waals surface area contributed by atoms with Gasteiger partial charge in [0, 0.05) is 6.61 Å². The van der Waals surface area contributed by atoms with E-state index in [9.17, 15) is 0 Å². The number of rotatable bonds is 1. The van der Waals surface area contributed by atoms with E-state index in [2.05, 4.69) is 6.92 Å². The van der Waals surface area contributed by atoms with Crippen molar-refractivity contribution in [3.05, 3.63) is 0 Å². The first-order chi connectivity index (χ1) is 4.27. The van der Waals surface area contributed by atoms with E-state index < -0.39 is 0 Å². The van der Waals surface area contributed by atoms with Crippen LogP contribution in [0.2, 0.25) is 0 Å². The van der Waals surface area contributed by atoms with Crippen molar-refractivity contribution in [3.63, 3.8) is 0 Å².